The van der Waals surface area contributed by atoms with Crippen molar-refractivity contribution >= 4 is 11.8 Å². The van der Waals surface area contributed by atoms with Gasteiger partial charge in [-0.05, 0) is 37.4 Å². The Morgan fingerprint density at radius 3 is 2.50 bits per heavy atom. The molecule has 1 aromatic carbocycles. The average molecular weight is 233 g/mol. The summed E-state index contributed by atoms with van der Waals surface area (Å²) in [5, 5.41) is 0.891. The third-order valence-corrected chi connectivity index (χ3v) is 5.37. The summed E-state index contributed by atoms with van der Waals surface area (Å²) in [7, 11) is 0. The lowest BCUT2D eigenvalue weighted by atomic mass is 9.88. The molecule has 2 heteroatoms. The third kappa shape index (κ3) is 2.28. The van der Waals surface area contributed by atoms with E-state index in [-0.39, 0.29) is 0 Å². The van der Waals surface area contributed by atoms with E-state index in [1.54, 1.807) is 0 Å². The Morgan fingerprint density at radius 2 is 1.88 bits per heavy atom. The van der Waals surface area contributed by atoms with Crippen LogP contribution in [0.15, 0.2) is 30.3 Å². The Kier molecular flexibility index (Phi) is 3.20. The first kappa shape index (κ1) is 10.7. The van der Waals surface area contributed by atoms with Gasteiger partial charge in [-0.3, -0.25) is 0 Å². The van der Waals surface area contributed by atoms with Gasteiger partial charge in [-0.2, -0.15) is 11.8 Å². The maximum absolute atomic E-state index is 2.64. The molecule has 3 heterocycles. The number of thioether (sulfide) groups is 1. The molecule has 0 spiro atoms. The zero-order valence-corrected chi connectivity index (χ0v) is 10.5. The Balaban J connectivity index is 1.56. The van der Waals surface area contributed by atoms with Crippen molar-refractivity contribution in [1.82, 2.24) is 4.90 Å². The van der Waals surface area contributed by atoms with Gasteiger partial charge in [0.05, 0.1) is 0 Å². The fourth-order valence-electron chi connectivity index (χ4n) is 2.88. The highest BCUT2D eigenvalue weighted by Gasteiger charge is 2.33. The van der Waals surface area contributed by atoms with Crippen LogP contribution >= 0.6 is 11.8 Å². The highest BCUT2D eigenvalue weighted by Crippen LogP contribution is 2.36. The Bertz CT molecular complexity index is 330. The summed E-state index contributed by atoms with van der Waals surface area (Å²) in [6.07, 6.45) is 2.87. The number of nitrogens with zero attached hydrogens (tertiary/aromatic N) is 1. The number of hydrogen-bond acceptors (Lipinski definition) is 2. The zero-order chi connectivity index (χ0) is 10.8. The van der Waals surface area contributed by atoms with Gasteiger partial charge in [0.15, 0.2) is 0 Å². The van der Waals surface area contributed by atoms with Crippen molar-refractivity contribution in [3.8, 4) is 0 Å². The molecule has 0 aliphatic carbocycles. The van der Waals surface area contributed by atoms with Crippen molar-refractivity contribution in [3.63, 3.8) is 0 Å². The van der Waals surface area contributed by atoms with Crippen LogP contribution in [-0.4, -0.2) is 29.8 Å². The predicted octanol–water partition coefficient (Wildman–Crippen LogP) is 3.01. The molecule has 4 rings (SSSR count). The third-order valence-electron chi connectivity index (χ3n) is 3.90. The predicted molar refractivity (Wildman–Crippen MR) is 70.7 cm³/mol. The van der Waals surface area contributed by atoms with Crippen LogP contribution in [0.3, 0.4) is 0 Å². The molecular weight excluding hydrogens is 214 g/mol. The van der Waals surface area contributed by atoms with E-state index in [0.717, 1.165) is 11.2 Å². The fourth-order valence-corrected chi connectivity index (χ4v) is 4.34. The fraction of sp³-hybridized carbons (Fsp3) is 0.571. The van der Waals surface area contributed by atoms with Gasteiger partial charge in [-0.15, -0.1) is 0 Å². The molecule has 0 radical (unpaired) electrons. The van der Waals surface area contributed by atoms with Crippen LogP contribution in [0, 0.1) is 5.92 Å². The van der Waals surface area contributed by atoms with E-state index in [2.05, 4.69) is 47.0 Å². The van der Waals surface area contributed by atoms with E-state index >= 15 is 0 Å². The minimum atomic E-state index is 0.891. The standard InChI is InChI=1S/C14H19NS/c1-2-4-12(5-3-1)11-16-14-10-15-8-6-13(14)7-9-15/h1-5,13-14H,6-11H2/t14-/m1/s1. The lowest BCUT2D eigenvalue weighted by Gasteiger charge is -2.44. The molecule has 0 unspecified atom stereocenters. The molecular formula is C14H19NS. The lowest BCUT2D eigenvalue weighted by molar-refractivity contribution is 0.118. The number of piperidine rings is 3. The molecule has 0 aromatic heterocycles. The minimum absolute atomic E-state index is 0.891. The Labute approximate surface area is 102 Å². The summed E-state index contributed by atoms with van der Waals surface area (Å²) < 4.78 is 0. The first-order valence-electron chi connectivity index (χ1n) is 6.30. The molecule has 16 heavy (non-hydrogen) atoms. The van der Waals surface area contributed by atoms with Crippen molar-refractivity contribution in [2.75, 3.05) is 19.6 Å². The summed E-state index contributed by atoms with van der Waals surface area (Å²) in [5.74, 6) is 2.19. The normalized spacial score (nSPS) is 32.9. The number of rotatable bonds is 3. The molecule has 0 saturated carbocycles. The van der Waals surface area contributed by atoms with Crippen LogP contribution in [0.5, 0.6) is 0 Å². The summed E-state index contributed by atoms with van der Waals surface area (Å²) in [6, 6.07) is 10.9. The Morgan fingerprint density at radius 1 is 1.12 bits per heavy atom. The highest BCUT2D eigenvalue weighted by molar-refractivity contribution is 7.99. The van der Waals surface area contributed by atoms with Crippen LogP contribution in [0.2, 0.25) is 0 Å². The maximum atomic E-state index is 2.64. The van der Waals surface area contributed by atoms with Crippen LogP contribution in [0.1, 0.15) is 18.4 Å². The quantitative estimate of drug-likeness (QED) is 0.789. The second-order valence-electron chi connectivity index (χ2n) is 4.97. The first-order chi connectivity index (χ1) is 7.92. The zero-order valence-electron chi connectivity index (χ0n) is 9.64. The lowest BCUT2D eigenvalue weighted by Crippen LogP contribution is -2.49. The molecule has 3 aliphatic rings. The first-order valence-corrected chi connectivity index (χ1v) is 7.34. The summed E-state index contributed by atoms with van der Waals surface area (Å²) in [5.41, 5.74) is 1.48. The van der Waals surface area contributed by atoms with Gasteiger partial charge < -0.3 is 4.90 Å². The molecule has 1 nitrogen and oxygen atoms in total. The van der Waals surface area contributed by atoms with Crippen LogP contribution < -0.4 is 0 Å². The molecule has 3 fully saturated rings. The van der Waals surface area contributed by atoms with E-state index in [1.807, 2.05) is 0 Å². The van der Waals surface area contributed by atoms with Crippen LogP contribution in [0.4, 0.5) is 0 Å². The SMILES string of the molecule is c1ccc(CS[C@@H]2CN3CCC2CC3)cc1. The molecule has 3 saturated heterocycles. The summed E-state index contributed by atoms with van der Waals surface area (Å²) in [4.78, 5) is 2.64. The second kappa shape index (κ2) is 4.80. The van der Waals surface area contributed by atoms with E-state index < -0.39 is 0 Å². The minimum Gasteiger partial charge on any atom is -0.302 e. The number of fused-ring (bicyclic) bond motifs is 3. The van der Waals surface area contributed by atoms with Gasteiger partial charge in [0.1, 0.15) is 0 Å². The van der Waals surface area contributed by atoms with Gasteiger partial charge in [0.2, 0.25) is 0 Å². The summed E-state index contributed by atoms with van der Waals surface area (Å²) in [6.45, 7) is 4.04. The molecule has 2 bridgehead atoms. The Hall–Kier alpha value is -0.470. The second-order valence-corrected chi connectivity index (χ2v) is 6.20. The van der Waals surface area contributed by atoms with Crippen LogP contribution in [0.25, 0.3) is 0 Å². The van der Waals surface area contributed by atoms with E-state index in [4.69, 9.17) is 0 Å². The molecule has 86 valence electrons. The average Bonchev–Trinajstić information content (AvgIpc) is 2.39. The van der Waals surface area contributed by atoms with Gasteiger partial charge >= 0.3 is 0 Å². The van der Waals surface area contributed by atoms with Gasteiger partial charge in [0, 0.05) is 17.5 Å². The van der Waals surface area contributed by atoms with Gasteiger partial charge in [-0.25, -0.2) is 0 Å². The topological polar surface area (TPSA) is 3.24 Å². The summed E-state index contributed by atoms with van der Waals surface area (Å²) >= 11 is 2.17. The molecule has 3 aliphatic heterocycles. The smallest absolute Gasteiger partial charge is 0.0207 e. The number of benzene rings is 1. The largest absolute Gasteiger partial charge is 0.302 e. The molecule has 1 aromatic rings. The van der Waals surface area contributed by atoms with Crippen molar-refractivity contribution in [2.45, 2.75) is 23.8 Å². The van der Waals surface area contributed by atoms with E-state index in [0.29, 0.717) is 0 Å². The number of hydrogen-bond donors (Lipinski definition) is 0. The van der Waals surface area contributed by atoms with Gasteiger partial charge in [-0.1, -0.05) is 30.3 Å². The van der Waals surface area contributed by atoms with E-state index in [1.165, 1.54) is 43.8 Å². The van der Waals surface area contributed by atoms with Crippen molar-refractivity contribution in [2.24, 2.45) is 5.92 Å². The van der Waals surface area contributed by atoms with Crippen molar-refractivity contribution < 1.29 is 0 Å². The van der Waals surface area contributed by atoms with Crippen molar-refractivity contribution in [3.05, 3.63) is 35.9 Å². The van der Waals surface area contributed by atoms with Crippen molar-refractivity contribution in [1.29, 1.82) is 0 Å². The maximum Gasteiger partial charge on any atom is 0.0207 e. The van der Waals surface area contributed by atoms with E-state index in [9.17, 15) is 0 Å². The molecule has 1 atom stereocenters. The molecule has 0 amide bonds. The van der Waals surface area contributed by atoms with Crippen LogP contribution in [-0.2, 0) is 5.75 Å². The molecule has 0 N–H and O–H groups in total. The monoisotopic (exact) mass is 233 g/mol. The van der Waals surface area contributed by atoms with Gasteiger partial charge in [0.25, 0.3) is 0 Å². The highest BCUT2D eigenvalue weighted by atomic mass is 32.2.